The molecule has 0 spiro atoms. The molecule has 24 heavy (non-hydrogen) atoms. The first-order valence-corrected chi connectivity index (χ1v) is 8.36. The third-order valence-electron chi connectivity index (χ3n) is 4.83. The van der Waals surface area contributed by atoms with Gasteiger partial charge in [-0.1, -0.05) is 0 Å². The molecule has 3 rings (SSSR count). The molecule has 2 unspecified atom stereocenters. The molecule has 1 aromatic rings. The highest BCUT2D eigenvalue weighted by Gasteiger charge is 2.33. The molecular weight excluding hydrogens is 328 g/mol. The van der Waals surface area contributed by atoms with Crippen LogP contribution in [0.1, 0.15) is 48.9 Å². The minimum atomic E-state index is -0.0156. The molecule has 2 heterocycles. The van der Waals surface area contributed by atoms with E-state index >= 15 is 0 Å². The summed E-state index contributed by atoms with van der Waals surface area (Å²) >= 11 is 0. The van der Waals surface area contributed by atoms with Crippen molar-refractivity contribution in [2.24, 2.45) is 0 Å². The standard InChI is InChI=1S/C18H24N2O3.ClH/c1-23-16-6-2-12(3-7-16)17(21)8-9-18(22)20-15-10-13-4-5-14(11-15)19-13;/h2-3,6-7,13-15,19H,4-5,8-11H2,1H3,(H,20,22);1H. The van der Waals surface area contributed by atoms with Crippen molar-refractivity contribution in [1.82, 2.24) is 10.6 Å². The number of rotatable bonds is 6. The molecule has 1 amide bonds. The van der Waals surface area contributed by atoms with Gasteiger partial charge in [-0.05, 0) is 49.9 Å². The molecule has 2 atom stereocenters. The van der Waals surface area contributed by atoms with Gasteiger partial charge in [0.2, 0.25) is 5.91 Å². The van der Waals surface area contributed by atoms with E-state index in [1.165, 1.54) is 12.8 Å². The Morgan fingerprint density at radius 1 is 1.12 bits per heavy atom. The fourth-order valence-corrected chi connectivity index (χ4v) is 3.62. The molecule has 0 saturated carbocycles. The van der Waals surface area contributed by atoms with E-state index in [1.807, 2.05) is 0 Å². The number of piperidine rings is 1. The number of ketones is 1. The number of nitrogens with one attached hydrogen (secondary N) is 2. The SMILES string of the molecule is COc1ccc(C(=O)CCC(=O)NC2CC3CCC(C2)N3)cc1.Cl. The van der Waals surface area contributed by atoms with Crippen LogP contribution in [-0.4, -0.2) is 36.9 Å². The summed E-state index contributed by atoms with van der Waals surface area (Å²) in [5.41, 5.74) is 0.624. The molecular formula is C18H25ClN2O3. The Labute approximate surface area is 148 Å². The van der Waals surface area contributed by atoms with Crippen molar-refractivity contribution in [3.05, 3.63) is 29.8 Å². The number of hydrogen-bond donors (Lipinski definition) is 2. The van der Waals surface area contributed by atoms with E-state index in [0.717, 1.165) is 18.6 Å². The van der Waals surface area contributed by atoms with Crippen LogP contribution < -0.4 is 15.4 Å². The van der Waals surface area contributed by atoms with Gasteiger partial charge >= 0.3 is 0 Å². The normalized spacial score (nSPS) is 24.8. The predicted octanol–water partition coefficient (Wildman–Crippen LogP) is 2.48. The van der Waals surface area contributed by atoms with Gasteiger partial charge in [0.15, 0.2) is 5.78 Å². The minimum Gasteiger partial charge on any atom is -0.497 e. The van der Waals surface area contributed by atoms with Crippen LogP contribution in [0.5, 0.6) is 5.75 Å². The number of fused-ring (bicyclic) bond motifs is 2. The van der Waals surface area contributed by atoms with Gasteiger partial charge in [-0.15, -0.1) is 12.4 Å². The van der Waals surface area contributed by atoms with Crippen LogP contribution in [0, 0.1) is 0 Å². The Bertz CT molecular complexity index is 564. The van der Waals surface area contributed by atoms with Crippen LogP contribution in [-0.2, 0) is 4.79 Å². The van der Waals surface area contributed by atoms with Crippen molar-refractivity contribution in [1.29, 1.82) is 0 Å². The Balaban J connectivity index is 0.00000208. The van der Waals surface area contributed by atoms with Gasteiger partial charge in [-0.25, -0.2) is 0 Å². The minimum absolute atomic E-state index is 0. The monoisotopic (exact) mass is 352 g/mol. The molecule has 0 radical (unpaired) electrons. The molecule has 2 aliphatic heterocycles. The fourth-order valence-electron chi connectivity index (χ4n) is 3.62. The summed E-state index contributed by atoms with van der Waals surface area (Å²) in [5, 5.41) is 6.65. The van der Waals surface area contributed by atoms with E-state index in [1.54, 1.807) is 31.4 Å². The second-order valence-corrected chi connectivity index (χ2v) is 6.53. The zero-order valence-electron chi connectivity index (χ0n) is 13.9. The van der Waals surface area contributed by atoms with Crippen LogP contribution in [0.3, 0.4) is 0 Å². The zero-order chi connectivity index (χ0) is 16.2. The number of amides is 1. The van der Waals surface area contributed by atoms with Gasteiger partial charge < -0.3 is 15.4 Å². The molecule has 2 fully saturated rings. The number of carbonyl (C=O) groups is 2. The van der Waals surface area contributed by atoms with E-state index in [0.29, 0.717) is 17.6 Å². The van der Waals surface area contributed by atoms with Crippen molar-refractivity contribution in [2.45, 2.75) is 56.7 Å². The first kappa shape index (κ1) is 18.7. The molecule has 2 aliphatic rings. The second-order valence-electron chi connectivity index (χ2n) is 6.53. The molecule has 1 aromatic carbocycles. The van der Waals surface area contributed by atoms with E-state index in [-0.39, 0.29) is 43.0 Å². The van der Waals surface area contributed by atoms with Crippen LogP contribution in [0.2, 0.25) is 0 Å². The highest BCUT2D eigenvalue weighted by molar-refractivity contribution is 5.98. The van der Waals surface area contributed by atoms with E-state index in [9.17, 15) is 9.59 Å². The number of carbonyl (C=O) groups excluding carboxylic acids is 2. The molecule has 0 aromatic heterocycles. The average molecular weight is 353 g/mol. The summed E-state index contributed by atoms with van der Waals surface area (Å²) < 4.78 is 5.07. The van der Waals surface area contributed by atoms with Crippen molar-refractivity contribution in [3.63, 3.8) is 0 Å². The first-order chi connectivity index (χ1) is 11.1. The molecule has 132 valence electrons. The summed E-state index contributed by atoms with van der Waals surface area (Å²) in [5.74, 6) is 0.700. The lowest BCUT2D eigenvalue weighted by Crippen LogP contribution is -2.48. The fraction of sp³-hybridized carbons (Fsp3) is 0.556. The van der Waals surface area contributed by atoms with E-state index < -0.39 is 0 Å². The topological polar surface area (TPSA) is 67.4 Å². The van der Waals surface area contributed by atoms with Crippen molar-refractivity contribution >= 4 is 24.1 Å². The van der Waals surface area contributed by atoms with Crippen LogP contribution in [0.15, 0.2) is 24.3 Å². The van der Waals surface area contributed by atoms with Crippen LogP contribution in [0.25, 0.3) is 0 Å². The first-order valence-electron chi connectivity index (χ1n) is 8.36. The maximum atomic E-state index is 12.1. The highest BCUT2D eigenvalue weighted by Crippen LogP contribution is 2.26. The summed E-state index contributed by atoms with van der Waals surface area (Å²) in [6, 6.07) is 8.38. The van der Waals surface area contributed by atoms with E-state index in [2.05, 4.69) is 10.6 Å². The lowest BCUT2D eigenvalue weighted by molar-refractivity contribution is -0.122. The van der Waals surface area contributed by atoms with Gasteiger partial charge in [-0.2, -0.15) is 0 Å². The van der Waals surface area contributed by atoms with Crippen LogP contribution >= 0.6 is 12.4 Å². The average Bonchev–Trinajstić information content (AvgIpc) is 2.91. The number of ether oxygens (including phenoxy) is 1. The summed E-state index contributed by atoms with van der Waals surface area (Å²) in [6.07, 6.45) is 4.95. The van der Waals surface area contributed by atoms with Gasteiger partial charge in [0, 0.05) is 36.5 Å². The largest absolute Gasteiger partial charge is 0.497 e. The van der Waals surface area contributed by atoms with Gasteiger partial charge in [0.1, 0.15) is 5.75 Å². The zero-order valence-corrected chi connectivity index (χ0v) is 14.7. The summed E-state index contributed by atoms with van der Waals surface area (Å²) in [6.45, 7) is 0. The lowest BCUT2D eigenvalue weighted by Gasteiger charge is -2.29. The molecule has 6 heteroatoms. The van der Waals surface area contributed by atoms with Gasteiger partial charge in [0.25, 0.3) is 0 Å². The lowest BCUT2D eigenvalue weighted by atomic mass is 9.99. The molecule has 0 aliphatic carbocycles. The summed E-state index contributed by atoms with van der Waals surface area (Å²) in [7, 11) is 1.59. The van der Waals surface area contributed by atoms with Gasteiger partial charge in [0.05, 0.1) is 7.11 Å². The predicted molar refractivity (Wildman–Crippen MR) is 94.9 cm³/mol. The number of methoxy groups -OCH3 is 1. The number of benzene rings is 1. The van der Waals surface area contributed by atoms with Crippen LogP contribution in [0.4, 0.5) is 0 Å². The number of hydrogen-bond acceptors (Lipinski definition) is 4. The summed E-state index contributed by atoms with van der Waals surface area (Å²) in [4.78, 5) is 24.2. The van der Waals surface area contributed by atoms with Gasteiger partial charge in [-0.3, -0.25) is 9.59 Å². The number of Topliss-reactive ketones (excluding diaryl/α,β-unsaturated/α-hetero) is 1. The molecule has 5 nitrogen and oxygen atoms in total. The maximum Gasteiger partial charge on any atom is 0.220 e. The third kappa shape index (κ3) is 4.71. The quantitative estimate of drug-likeness (QED) is 0.772. The Hall–Kier alpha value is -1.59. The van der Waals surface area contributed by atoms with Crippen molar-refractivity contribution in [3.8, 4) is 5.75 Å². The third-order valence-corrected chi connectivity index (χ3v) is 4.83. The molecule has 2 bridgehead atoms. The highest BCUT2D eigenvalue weighted by atomic mass is 35.5. The molecule has 2 saturated heterocycles. The number of halogens is 1. The van der Waals surface area contributed by atoms with Crippen molar-refractivity contribution in [2.75, 3.05) is 7.11 Å². The van der Waals surface area contributed by atoms with Crippen molar-refractivity contribution < 1.29 is 14.3 Å². The van der Waals surface area contributed by atoms with E-state index in [4.69, 9.17) is 4.74 Å². The maximum absolute atomic E-state index is 12.1. The smallest absolute Gasteiger partial charge is 0.220 e. The Morgan fingerprint density at radius 3 is 2.33 bits per heavy atom. The second kappa shape index (κ2) is 8.49. The molecule has 2 N–H and O–H groups in total. The Morgan fingerprint density at radius 2 is 1.75 bits per heavy atom. The Kier molecular flexibility index (Phi) is 6.63.